The van der Waals surface area contributed by atoms with E-state index in [9.17, 15) is 13.2 Å². The second-order valence-corrected chi connectivity index (χ2v) is 8.70. The van der Waals surface area contributed by atoms with Crippen LogP contribution in [0.25, 0.3) is 0 Å². The third-order valence-corrected chi connectivity index (χ3v) is 6.76. The first-order chi connectivity index (χ1) is 12.0. The number of ether oxygens (including phenoxy) is 1. The van der Waals surface area contributed by atoms with Crippen molar-refractivity contribution in [3.63, 3.8) is 0 Å². The molecule has 0 aromatic carbocycles. The predicted octanol–water partition coefficient (Wildman–Crippen LogP) is -0.618. The van der Waals surface area contributed by atoms with Gasteiger partial charge in [-0.3, -0.25) is 14.5 Å². The van der Waals surface area contributed by atoms with Crippen LogP contribution in [0.1, 0.15) is 10.5 Å². The van der Waals surface area contributed by atoms with Crippen molar-refractivity contribution in [2.75, 3.05) is 25.4 Å². The number of amides is 1. The smallest absolute Gasteiger partial charge is 0.272 e. The standard InChI is InChI=1S/C15H17N5O4S/c21-14(13-3-1-2-4-17-13)19-7-15(8-19)9-25(22,23)12(6-24-15)5-20-11-16-10-18-20/h1-4,10-12H,5-9H2/t12-/m0/s1. The summed E-state index contributed by atoms with van der Waals surface area (Å²) in [6.45, 7) is 0.832. The van der Waals surface area contributed by atoms with Crippen molar-refractivity contribution < 1.29 is 17.9 Å². The maximum Gasteiger partial charge on any atom is 0.272 e. The Bertz CT molecular complexity index is 863. The SMILES string of the molecule is O=C(c1ccccn1)N1CC2(C1)CS(=O)(=O)[C@@H](Cn1cncn1)CO2. The van der Waals surface area contributed by atoms with Gasteiger partial charge in [0.1, 0.15) is 29.2 Å². The quantitative estimate of drug-likeness (QED) is 0.715. The highest BCUT2D eigenvalue weighted by atomic mass is 32.2. The minimum Gasteiger partial charge on any atom is -0.369 e. The van der Waals surface area contributed by atoms with Gasteiger partial charge >= 0.3 is 0 Å². The normalized spacial score (nSPS) is 24.0. The molecule has 10 heteroatoms. The number of aromatic nitrogens is 4. The number of sulfone groups is 1. The predicted molar refractivity (Wildman–Crippen MR) is 86.4 cm³/mol. The van der Waals surface area contributed by atoms with Gasteiger partial charge in [-0.05, 0) is 12.1 Å². The van der Waals surface area contributed by atoms with Gasteiger partial charge in [-0.2, -0.15) is 5.10 Å². The highest BCUT2D eigenvalue weighted by Crippen LogP contribution is 2.33. The van der Waals surface area contributed by atoms with E-state index in [4.69, 9.17) is 4.74 Å². The molecule has 1 spiro atoms. The molecule has 0 radical (unpaired) electrons. The van der Waals surface area contributed by atoms with E-state index >= 15 is 0 Å². The van der Waals surface area contributed by atoms with Gasteiger partial charge in [0.2, 0.25) is 0 Å². The summed E-state index contributed by atoms with van der Waals surface area (Å²) in [4.78, 5) is 21.7. The molecule has 2 aliphatic heterocycles. The van der Waals surface area contributed by atoms with Crippen LogP contribution >= 0.6 is 0 Å². The molecule has 2 aliphatic rings. The van der Waals surface area contributed by atoms with Crippen LogP contribution in [0.15, 0.2) is 37.1 Å². The number of likely N-dealkylation sites (tertiary alicyclic amines) is 1. The lowest BCUT2D eigenvalue weighted by atomic mass is 9.95. The Morgan fingerprint density at radius 2 is 2.20 bits per heavy atom. The molecule has 132 valence electrons. The van der Waals surface area contributed by atoms with Crippen LogP contribution in [0.2, 0.25) is 0 Å². The van der Waals surface area contributed by atoms with E-state index in [1.165, 1.54) is 17.3 Å². The minimum absolute atomic E-state index is 0.0911. The molecule has 0 N–H and O–H groups in total. The molecule has 2 aromatic rings. The Balaban J connectivity index is 1.41. The average Bonchev–Trinajstić information content (AvgIpc) is 3.07. The topological polar surface area (TPSA) is 107 Å². The molecule has 0 aliphatic carbocycles. The number of hydrogen-bond donors (Lipinski definition) is 0. The summed E-state index contributed by atoms with van der Waals surface area (Å²) >= 11 is 0. The van der Waals surface area contributed by atoms with Crippen molar-refractivity contribution in [1.82, 2.24) is 24.6 Å². The lowest BCUT2D eigenvalue weighted by Gasteiger charge is -2.51. The molecule has 4 heterocycles. The number of nitrogens with zero attached hydrogens (tertiary/aromatic N) is 5. The van der Waals surface area contributed by atoms with Crippen molar-refractivity contribution in [1.29, 1.82) is 0 Å². The summed E-state index contributed by atoms with van der Waals surface area (Å²) < 4.78 is 32.6. The highest BCUT2D eigenvalue weighted by Gasteiger charge is 2.54. The number of carbonyl (C=O) groups excluding carboxylic acids is 1. The van der Waals surface area contributed by atoms with E-state index in [-0.39, 0.29) is 37.9 Å². The fraction of sp³-hybridized carbons (Fsp3) is 0.467. The van der Waals surface area contributed by atoms with E-state index in [0.29, 0.717) is 5.69 Å². The van der Waals surface area contributed by atoms with Gasteiger partial charge in [0.15, 0.2) is 9.84 Å². The zero-order valence-corrected chi connectivity index (χ0v) is 14.2. The Hall–Kier alpha value is -2.33. The molecule has 1 atom stereocenters. The van der Waals surface area contributed by atoms with Gasteiger partial charge in [0.05, 0.1) is 32.0 Å². The average molecular weight is 363 g/mol. The largest absolute Gasteiger partial charge is 0.369 e. The lowest BCUT2D eigenvalue weighted by molar-refractivity contribution is -0.121. The van der Waals surface area contributed by atoms with Crippen LogP contribution < -0.4 is 0 Å². The summed E-state index contributed by atoms with van der Waals surface area (Å²) in [5, 5.41) is 3.29. The summed E-state index contributed by atoms with van der Waals surface area (Å²) in [7, 11) is -3.35. The molecule has 2 fully saturated rings. The monoisotopic (exact) mass is 363 g/mol. The van der Waals surface area contributed by atoms with Crippen molar-refractivity contribution in [2.24, 2.45) is 0 Å². The Kier molecular flexibility index (Phi) is 3.80. The summed E-state index contributed by atoms with van der Waals surface area (Å²) in [5.74, 6) is -0.303. The first kappa shape index (κ1) is 16.2. The Morgan fingerprint density at radius 1 is 1.36 bits per heavy atom. The lowest BCUT2D eigenvalue weighted by Crippen LogP contribution is -2.70. The van der Waals surface area contributed by atoms with E-state index in [2.05, 4.69) is 15.1 Å². The van der Waals surface area contributed by atoms with Crippen LogP contribution in [0.4, 0.5) is 0 Å². The van der Waals surface area contributed by atoms with Gasteiger partial charge in [0, 0.05) is 6.20 Å². The maximum absolute atomic E-state index is 12.6. The Morgan fingerprint density at radius 3 is 2.84 bits per heavy atom. The van der Waals surface area contributed by atoms with Crippen molar-refractivity contribution in [3.05, 3.63) is 42.7 Å². The zero-order chi connectivity index (χ0) is 17.5. The van der Waals surface area contributed by atoms with Crippen LogP contribution in [0.3, 0.4) is 0 Å². The van der Waals surface area contributed by atoms with Crippen LogP contribution in [-0.2, 0) is 21.1 Å². The summed E-state index contributed by atoms with van der Waals surface area (Å²) in [6.07, 6.45) is 4.40. The second kappa shape index (κ2) is 5.88. The zero-order valence-electron chi connectivity index (χ0n) is 13.4. The molecule has 2 aromatic heterocycles. The fourth-order valence-corrected chi connectivity index (χ4v) is 5.12. The third-order valence-electron chi connectivity index (χ3n) is 4.53. The summed E-state index contributed by atoms with van der Waals surface area (Å²) in [5.41, 5.74) is -0.456. The van der Waals surface area contributed by atoms with Gasteiger partial charge in [-0.1, -0.05) is 6.07 Å². The second-order valence-electron chi connectivity index (χ2n) is 6.42. The fourth-order valence-electron chi connectivity index (χ4n) is 3.23. The van der Waals surface area contributed by atoms with Gasteiger partial charge in [0.25, 0.3) is 5.91 Å². The molecule has 0 saturated carbocycles. The summed E-state index contributed by atoms with van der Waals surface area (Å²) in [6, 6.07) is 5.12. The van der Waals surface area contributed by atoms with E-state index < -0.39 is 20.7 Å². The molecule has 2 saturated heterocycles. The molecule has 0 unspecified atom stereocenters. The Labute approximate surface area is 144 Å². The maximum atomic E-state index is 12.6. The number of carbonyl (C=O) groups is 1. The van der Waals surface area contributed by atoms with Crippen LogP contribution in [0, 0.1) is 0 Å². The molecular formula is C15H17N5O4S. The van der Waals surface area contributed by atoms with Crippen LogP contribution in [0.5, 0.6) is 0 Å². The minimum atomic E-state index is -3.35. The number of pyridine rings is 1. The number of hydrogen-bond acceptors (Lipinski definition) is 7. The first-order valence-corrected chi connectivity index (χ1v) is 9.57. The first-order valence-electron chi connectivity index (χ1n) is 7.86. The molecule has 9 nitrogen and oxygen atoms in total. The molecule has 1 amide bonds. The van der Waals surface area contributed by atoms with E-state index in [0.717, 1.165) is 0 Å². The van der Waals surface area contributed by atoms with Crippen LogP contribution in [-0.4, -0.2) is 75.3 Å². The van der Waals surface area contributed by atoms with Gasteiger partial charge in [-0.15, -0.1) is 0 Å². The molecular weight excluding hydrogens is 346 g/mol. The van der Waals surface area contributed by atoms with Gasteiger partial charge in [-0.25, -0.2) is 13.4 Å². The van der Waals surface area contributed by atoms with Crippen molar-refractivity contribution in [2.45, 2.75) is 17.4 Å². The highest BCUT2D eigenvalue weighted by molar-refractivity contribution is 7.92. The molecule has 25 heavy (non-hydrogen) atoms. The third kappa shape index (κ3) is 3.02. The van der Waals surface area contributed by atoms with E-state index in [1.807, 2.05) is 0 Å². The van der Waals surface area contributed by atoms with Gasteiger partial charge < -0.3 is 9.64 Å². The van der Waals surface area contributed by atoms with Crippen molar-refractivity contribution >= 4 is 15.7 Å². The van der Waals surface area contributed by atoms with E-state index in [1.54, 1.807) is 29.3 Å². The van der Waals surface area contributed by atoms with Crippen molar-refractivity contribution in [3.8, 4) is 0 Å². The number of rotatable bonds is 3. The molecule has 4 rings (SSSR count). The molecule has 0 bridgehead atoms.